The zero-order chi connectivity index (χ0) is 20.9. The molecular weight excluding hydrogens is 382 g/mol. The van der Waals surface area contributed by atoms with Gasteiger partial charge in [-0.3, -0.25) is 14.4 Å². The van der Waals surface area contributed by atoms with Crippen molar-refractivity contribution in [1.29, 1.82) is 0 Å². The average Bonchev–Trinajstić information content (AvgIpc) is 3.16. The van der Waals surface area contributed by atoms with Crippen molar-refractivity contribution in [3.05, 3.63) is 0 Å². The van der Waals surface area contributed by atoms with Crippen LogP contribution in [-0.2, 0) is 24.2 Å². The van der Waals surface area contributed by atoms with E-state index in [2.05, 4.69) is 10.6 Å². The van der Waals surface area contributed by atoms with Crippen molar-refractivity contribution >= 4 is 27.6 Å². The Morgan fingerprint density at radius 1 is 1.25 bits per heavy atom. The van der Waals surface area contributed by atoms with Gasteiger partial charge in [-0.05, 0) is 32.6 Å². The molecule has 0 spiro atoms. The Balaban J connectivity index is 1.79. The molecule has 3 rings (SSSR count). The Kier molecular flexibility index (Phi) is 5.51. The zero-order valence-corrected chi connectivity index (χ0v) is 17.8. The molecule has 2 N–H and O–H groups in total. The number of hydrogen-bond acceptors (Lipinski definition) is 5. The molecule has 4 atom stereocenters. The molecular formula is C19H31N3O5S. The molecule has 1 aliphatic carbocycles. The number of nitrogens with zero attached hydrogens (tertiary/aromatic N) is 1. The van der Waals surface area contributed by atoms with Crippen LogP contribution in [0.3, 0.4) is 0 Å². The van der Waals surface area contributed by atoms with Crippen LogP contribution in [0.25, 0.3) is 0 Å². The summed E-state index contributed by atoms with van der Waals surface area (Å²) in [5.41, 5.74) is 0. The predicted molar refractivity (Wildman–Crippen MR) is 104 cm³/mol. The van der Waals surface area contributed by atoms with Crippen LogP contribution in [0, 0.1) is 5.92 Å². The molecule has 0 aromatic heterocycles. The van der Waals surface area contributed by atoms with Gasteiger partial charge < -0.3 is 15.5 Å². The van der Waals surface area contributed by atoms with E-state index >= 15 is 0 Å². The van der Waals surface area contributed by atoms with Crippen LogP contribution in [0.5, 0.6) is 0 Å². The fourth-order valence-corrected chi connectivity index (χ4v) is 6.68. The topological polar surface area (TPSA) is 113 Å². The minimum Gasteiger partial charge on any atom is -0.352 e. The lowest BCUT2D eigenvalue weighted by atomic mass is 9.94. The first kappa shape index (κ1) is 21.1. The fourth-order valence-electron chi connectivity index (χ4n) is 4.55. The van der Waals surface area contributed by atoms with E-state index in [0.29, 0.717) is 6.42 Å². The first-order chi connectivity index (χ1) is 13.0. The van der Waals surface area contributed by atoms with Crippen molar-refractivity contribution in [2.45, 2.75) is 94.5 Å². The van der Waals surface area contributed by atoms with Gasteiger partial charge in [0.25, 0.3) is 0 Å². The van der Waals surface area contributed by atoms with E-state index in [-0.39, 0.29) is 30.2 Å². The number of nitrogens with one attached hydrogen (secondary N) is 2. The van der Waals surface area contributed by atoms with E-state index in [1.807, 2.05) is 13.8 Å². The number of carbonyl (C=O) groups is 3. The van der Waals surface area contributed by atoms with Crippen LogP contribution in [0.1, 0.15) is 66.2 Å². The summed E-state index contributed by atoms with van der Waals surface area (Å²) in [5, 5.41) is 4.86. The molecule has 0 aromatic rings. The van der Waals surface area contributed by atoms with Gasteiger partial charge in [-0.2, -0.15) is 0 Å². The van der Waals surface area contributed by atoms with Crippen molar-refractivity contribution in [3.8, 4) is 0 Å². The highest BCUT2D eigenvalue weighted by Crippen LogP contribution is 2.45. The highest BCUT2D eigenvalue weighted by molar-refractivity contribution is 7.93. The van der Waals surface area contributed by atoms with E-state index in [1.54, 1.807) is 0 Å². The third kappa shape index (κ3) is 3.21. The monoisotopic (exact) mass is 413 g/mol. The number of rotatable bonds is 6. The van der Waals surface area contributed by atoms with Crippen LogP contribution in [0.2, 0.25) is 0 Å². The van der Waals surface area contributed by atoms with Gasteiger partial charge in [-0.25, -0.2) is 8.42 Å². The molecule has 2 heterocycles. The molecule has 3 amide bonds. The summed E-state index contributed by atoms with van der Waals surface area (Å²) < 4.78 is 24.1. The maximum absolute atomic E-state index is 13.1. The Hall–Kier alpha value is -1.64. The van der Waals surface area contributed by atoms with Crippen LogP contribution in [0.4, 0.5) is 0 Å². The maximum atomic E-state index is 13.1. The Bertz CT molecular complexity index is 772. The van der Waals surface area contributed by atoms with Gasteiger partial charge in [0.2, 0.25) is 17.7 Å². The molecule has 0 radical (unpaired) electrons. The van der Waals surface area contributed by atoms with Crippen molar-refractivity contribution in [3.63, 3.8) is 0 Å². The van der Waals surface area contributed by atoms with Crippen LogP contribution >= 0.6 is 0 Å². The molecule has 0 bridgehead atoms. The molecule has 0 aromatic carbocycles. The molecule has 158 valence electrons. The van der Waals surface area contributed by atoms with Gasteiger partial charge in [-0.15, -0.1) is 0 Å². The van der Waals surface area contributed by atoms with E-state index in [4.69, 9.17) is 0 Å². The summed E-state index contributed by atoms with van der Waals surface area (Å²) in [5.74, 6) is -1.26. The number of carbonyl (C=O) groups excluding carboxylic acids is 3. The van der Waals surface area contributed by atoms with Gasteiger partial charge >= 0.3 is 0 Å². The fraction of sp³-hybridized carbons (Fsp3) is 0.842. The Morgan fingerprint density at radius 2 is 1.86 bits per heavy atom. The minimum absolute atomic E-state index is 0.0769. The van der Waals surface area contributed by atoms with E-state index in [0.717, 1.165) is 25.7 Å². The second kappa shape index (κ2) is 7.31. The zero-order valence-electron chi connectivity index (χ0n) is 17.0. The van der Waals surface area contributed by atoms with Crippen LogP contribution < -0.4 is 10.6 Å². The lowest BCUT2D eigenvalue weighted by Gasteiger charge is -2.37. The second-order valence-corrected chi connectivity index (χ2v) is 11.6. The molecule has 9 heteroatoms. The summed E-state index contributed by atoms with van der Waals surface area (Å²) in [6.45, 7) is 6.78. The van der Waals surface area contributed by atoms with Crippen molar-refractivity contribution < 1.29 is 22.8 Å². The third-order valence-electron chi connectivity index (χ3n) is 6.72. The molecule has 2 saturated heterocycles. The summed E-state index contributed by atoms with van der Waals surface area (Å²) in [4.78, 5) is 39.2. The number of fused-ring (bicyclic) bond motifs is 1. The largest absolute Gasteiger partial charge is 0.352 e. The molecule has 3 aliphatic rings. The van der Waals surface area contributed by atoms with Gasteiger partial charge in [0.05, 0.1) is 11.2 Å². The molecule has 8 nitrogen and oxygen atoms in total. The van der Waals surface area contributed by atoms with E-state index in [1.165, 1.54) is 18.7 Å². The standard InChI is InChI=1S/C19H31N3O5S/c1-5-11(2)15(17(24)20-12-8-6-7-9-12)21-18(25)16-19(3,4)28(26,27)14-10-13(23)22(14)16/h11-12,14-16H,5-10H2,1-4H3,(H,20,24)(H,21,25)/t11?,14-,15+,16+/m1/s1. The van der Waals surface area contributed by atoms with Gasteiger partial charge in [-0.1, -0.05) is 33.1 Å². The number of hydrogen-bond donors (Lipinski definition) is 2. The summed E-state index contributed by atoms with van der Waals surface area (Å²) in [6, 6.07) is -1.75. The highest BCUT2D eigenvalue weighted by atomic mass is 32.2. The predicted octanol–water partition coefficient (Wildman–Crippen LogP) is 0.710. The lowest BCUT2D eigenvalue weighted by Crippen LogP contribution is -2.62. The van der Waals surface area contributed by atoms with Gasteiger partial charge in [0, 0.05) is 6.04 Å². The molecule has 2 aliphatic heterocycles. The quantitative estimate of drug-likeness (QED) is 0.623. The van der Waals surface area contributed by atoms with Crippen molar-refractivity contribution in [1.82, 2.24) is 15.5 Å². The summed E-state index contributed by atoms with van der Waals surface area (Å²) in [7, 11) is -3.65. The Morgan fingerprint density at radius 3 is 2.39 bits per heavy atom. The Labute approximate surface area is 166 Å². The SMILES string of the molecule is CCC(C)[C@H](NC(=O)[C@@H]1N2C(=O)C[C@H]2S(=O)(=O)C1(C)C)C(=O)NC1CCCC1. The lowest BCUT2D eigenvalue weighted by molar-refractivity contribution is -0.150. The molecule has 3 fully saturated rings. The smallest absolute Gasteiger partial charge is 0.245 e. The first-order valence-corrected chi connectivity index (χ1v) is 11.7. The minimum atomic E-state index is -3.65. The molecule has 1 saturated carbocycles. The van der Waals surface area contributed by atoms with Crippen molar-refractivity contribution in [2.75, 3.05) is 0 Å². The third-order valence-corrected chi connectivity index (χ3v) is 9.52. The van der Waals surface area contributed by atoms with E-state index in [9.17, 15) is 22.8 Å². The average molecular weight is 414 g/mol. The van der Waals surface area contributed by atoms with Crippen molar-refractivity contribution in [2.24, 2.45) is 5.92 Å². The van der Waals surface area contributed by atoms with E-state index < -0.39 is 37.9 Å². The van der Waals surface area contributed by atoms with Crippen LogP contribution in [-0.4, -0.2) is 59.3 Å². The number of sulfone groups is 1. The number of β-lactam (4-membered cyclic amide) rings is 1. The summed E-state index contributed by atoms with van der Waals surface area (Å²) >= 11 is 0. The highest BCUT2D eigenvalue weighted by Gasteiger charge is 2.67. The second-order valence-electron chi connectivity index (χ2n) is 8.87. The number of amides is 3. The van der Waals surface area contributed by atoms with Crippen LogP contribution in [0.15, 0.2) is 0 Å². The molecule has 28 heavy (non-hydrogen) atoms. The summed E-state index contributed by atoms with van der Waals surface area (Å²) in [6.07, 6.45) is 4.64. The van der Waals surface area contributed by atoms with Gasteiger partial charge in [0.1, 0.15) is 17.5 Å². The molecule has 1 unspecified atom stereocenters. The first-order valence-electron chi connectivity index (χ1n) is 10.2. The maximum Gasteiger partial charge on any atom is 0.245 e. The van der Waals surface area contributed by atoms with Gasteiger partial charge in [0.15, 0.2) is 9.84 Å². The normalized spacial score (nSPS) is 30.3.